The fourth-order valence-corrected chi connectivity index (χ4v) is 7.13. The maximum Gasteiger partial charge on any atom is 0.335 e. The third kappa shape index (κ3) is 3.30. The van der Waals surface area contributed by atoms with Crippen LogP contribution in [-0.4, -0.2) is 28.1 Å². The molecule has 174 valence electrons. The van der Waals surface area contributed by atoms with Crippen LogP contribution in [0.25, 0.3) is 6.08 Å². The first-order valence-electron chi connectivity index (χ1n) is 11.9. The van der Waals surface area contributed by atoms with Crippen LogP contribution in [0.4, 0.5) is 10.5 Å². The first-order chi connectivity index (χ1) is 16.3. The number of hydrogen-bond acceptors (Lipinski definition) is 5. The number of rotatable bonds is 3. The molecule has 7 nitrogen and oxygen atoms in total. The van der Waals surface area contributed by atoms with Crippen molar-refractivity contribution in [1.82, 2.24) is 5.32 Å². The van der Waals surface area contributed by atoms with E-state index in [4.69, 9.17) is 0 Å². The van der Waals surface area contributed by atoms with Gasteiger partial charge in [0.15, 0.2) is 0 Å². The summed E-state index contributed by atoms with van der Waals surface area (Å²) in [6.07, 6.45) is 8.96. The summed E-state index contributed by atoms with van der Waals surface area (Å²) in [7, 11) is 0. The van der Waals surface area contributed by atoms with Crippen molar-refractivity contribution in [2.24, 2.45) is 17.8 Å². The van der Waals surface area contributed by atoms with Crippen LogP contribution >= 0.6 is 0 Å². The Bertz CT molecular complexity index is 1210. The number of phenols is 2. The van der Waals surface area contributed by atoms with Gasteiger partial charge in [0.25, 0.3) is 11.8 Å². The summed E-state index contributed by atoms with van der Waals surface area (Å²) >= 11 is 0. The van der Waals surface area contributed by atoms with Crippen molar-refractivity contribution >= 4 is 29.6 Å². The topological polar surface area (TPSA) is 107 Å². The second-order valence-electron chi connectivity index (χ2n) is 10.4. The van der Waals surface area contributed by atoms with Crippen molar-refractivity contribution in [2.75, 3.05) is 4.90 Å². The molecule has 5 fully saturated rings. The average molecular weight is 459 g/mol. The highest BCUT2D eigenvalue weighted by atomic mass is 16.3. The Kier molecular flexibility index (Phi) is 4.59. The van der Waals surface area contributed by atoms with Gasteiger partial charge in [-0.3, -0.25) is 14.9 Å². The molecule has 2 aromatic rings. The van der Waals surface area contributed by atoms with Crippen LogP contribution in [0.15, 0.2) is 48.0 Å². The molecule has 0 spiro atoms. The average Bonchev–Trinajstić information content (AvgIpc) is 2.77. The summed E-state index contributed by atoms with van der Waals surface area (Å²) in [5, 5.41) is 21.7. The predicted octanol–water partition coefficient (Wildman–Crippen LogP) is 4.23. The highest BCUT2D eigenvalue weighted by Crippen LogP contribution is 2.60. The van der Waals surface area contributed by atoms with Crippen LogP contribution in [-0.2, 0) is 15.0 Å². The largest absolute Gasteiger partial charge is 0.508 e. The van der Waals surface area contributed by atoms with Gasteiger partial charge in [0, 0.05) is 11.6 Å². The van der Waals surface area contributed by atoms with E-state index in [9.17, 15) is 24.6 Å². The fourth-order valence-electron chi connectivity index (χ4n) is 7.13. The SMILES string of the molecule is O=C1NC(=O)N(c2ccc(C34CC5CC(CC(C5)C3)C4)cc2)C(=O)/C1=C\c1ccc(O)cc1O. The molecule has 4 aliphatic carbocycles. The zero-order valence-corrected chi connectivity index (χ0v) is 18.7. The number of hydrogen-bond donors (Lipinski definition) is 3. The number of nitrogens with zero attached hydrogens (tertiary/aromatic N) is 1. The van der Waals surface area contributed by atoms with Gasteiger partial charge in [-0.25, -0.2) is 9.69 Å². The highest BCUT2D eigenvalue weighted by molar-refractivity contribution is 6.39. The second kappa shape index (κ2) is 7.45. The van der Waals surface area contributed by atoms with Gasteiger partial charge in [-0.1, -0.05) is 12.1 Å². The minimum Gasteiger partial charge on any atom is -0.508 e. The molecule has 4 amide bonds. The first-order valence-corrected chi connectivity index (χ1v) is 11.9. The normalized spacial score (nSPS) is 31.3. The first kappa shape index (κ1) is 21.0. The van der Waals surface area contributed by atoms with Crippen LogP contribution in [0.2, 0.25) is 0 Å². The standard InChI is InChI=1S/C27H26N2O5/c30-21-6-1-18(23(31)11-21)10-22-24(32)28-26(34)29(25(22)33)20-4-2-19(3-5-20)27-12-15-7-16(13-27)9-17(8-15)14-27/h1-6,10-11,15-17,30-31H,7-9,12-14H2,(H,28,32,34)/b22-10-. The van der Waals surface area contributed by atoms with Crippen LogP contribution in [0, 0.1) is 17.8 Å². The van der Waals surface area contributed by atoms with Crippen molar-refractivity contribution in [2.45, 2.75) is 43.9 Å². The molecule has 4 bridgehead atoms. The van der Waals surface area contributed by atoms with Gasteiger partial charge in [-0.05, 0) is 97.6 Å². The Morgan fingerprint density at radius 1 is 0.882 bits per heavy atom. The zero-order chi connectivity index (χ0) is 23.6. The molecule has 4 saturated carbocycles. The van der Waals surface area contributed by atoms with Crippen LogP contribution < -0.4 is 10.2 Å². The molecule has 0 radical (unpaired) electrons. The summed E-state index contributed by atoms with van der Waals surface area (Å²) in [5.41, 5.74) is 1.79. The molecule has 1 heterocycles. The lowest BCUT2D eigenvalue weighted by atomic mass is 9.48. The van der Waals surface area contributed by atoms with Crippen molar-refractivity contribution < 1.29 is 24.6 Å². The summed E-state index contributed by atoms with van der Waals surface area (Å²) in [6, 6.07) is 10.7. The molecule has 7 rings (SSSR count). The lowest BCUT2D eigenvalue weighted by Crippen LogP contribution is -2.54. The van der Waals surface area contributed by atoms with Crippen molar-refractivity contribution in [3.05, 3.63) is 59.2 Å². The Labute approximate surface area is 197 Å². The van der Waals surface area contributed by atoms with Gasteiger partial charge in [-0.15, -0.1) is 0 Å². The van der Waals surface area contributed by atoms with Gasteiger partial charge < -0.3 is 10.2 Å². The van der Waals surface area contributed by atoms with Crippen molar-refractivity contribution in [3.63, 3.8) is 0 Å². The number of imide groups is 2. The van der Waals surface area contributed by atoms with E-state index in [1.54, 1.807) is 12.1 Å². The molecule has 1 aliphatic heterocycles. The number of nitrogens with one attached hydrogen (secondary N) is 1. The summed E-state index contributed by atoms with van der Waals surface area (Å²) in [6.45, 7) is 0. The number of benzene rings is 2. The summed E-state index contributed by atoms with van der Waals surface area (Å²) in [4.78, 5) is 39.1. The lowest BCUT2D eigenvalue weighted by Gasteiger charge is -2.57. The van der Waals surface area contributed by atoms with E-state index < -0.39 is 17.8 Å². The van der Waals surface area contributed by atoms with Gasteiger partial charge in [0.1, 0.15) is 17.1 Å². The predicted molar refractivity (Wildman–Crippen MR) is 125 cm³/mol. The van der Waals surface area contributed by atoms with Gasteiger partial charge in [0.05, 0.1) is 5.69 Å². The third-order valence-electron chi connectivity index (χ3n) is 8.19. The molecule has 0 atom stereocenters. The quantitative estimate of drug-likeness (QED) is 0.471. The molecule has 7 heteroatoms. The highest BCUT2D eigenvalue weighted by Gasteiger charge is 2.51. The number of carbonyl (C=O) groups is 3. The Morgan fingerprint density at radius 3 is 2.09 bits per heavy atom. The van der Waals surface area contributed by atoms with Crippen molar-refractivity contribution in [1.29, 1.82) is 0 Å². The molecule has 5 aliphatic rings. The smallest absolute Gasteiger partial charge is 0.335 e. The number of urea groups is 1. The molecule has 1 saturated heterocycles. The Balaban J connectivity index is 1.30. The number of amides is 4. The lowest BCUT2D eigenvalue weighted by molar-refractivity contribution is -0.122. The molecular formula is C27H26N2O5. The van der Waals surface area contributed by atoms with Gasteiger partial charge in [0.2, 0.25) is 0 Å². The van der Waals surface area contributed by atoms with Crippen LogP contribution in [0.1, 0.15) is 49.7 Å². The second-order valence-corrected chi connectivity index (χ2v) is 10.4. The molecule has 0 unspecified atom stereocenters. The monoisotopic (exact) mass is 458 g/mol. The Hall–Kier alpha value is -3.61. The van der Waals surface area contributed by atoms with Crippen molar-refractivity contribution in [3.8, 4) is 11.5 Å². The Morgan fingerprint density at radius 2 is 1.50 bits per heavy atom. The summed E-state index contributed by atoms with van der Waals surface area (Å²) < 4.78 is 0. The molecule has 0 aromatic heterocycles. The maximum absolute atomic E-state index is 13.2. The number of aromatic hydroxyl groups is 2. The number of phenolic OH excluding ortho intramolecular Hbond substituents is 2. The maximum atomic E-state index is 13.2. The van der Waals surface area contributed by atoms with E-state index in [0.717, 1.165) is 28.7 Å². The minimum atomic E-state index is -0.830. The third-order valence-corrected chi connectivity index (χ3v) is 8.19. The van der Waals surface area contributed by atoms with Crippen LogP contribution in [0.3, 0.4) is 0 Å². The number of carbonyl (C=O) groups excluding carboxylic acids is 3. The van der Waals surface area contributed by atoms with Gasteiger partial charge in [-0.2, -0.15) is 0 Å². The minimum absolute atomic E-state index is 0.144. The van der Waals surface area contributed by atoms with E-state index in [-0.39, 0.29) is 28.1 Å². The van der Waals surface area contributed by atoms with Crippen LogP contribution in [0.5, 0.6) is 11.5 Å². The summed E-state index contributed by atoms with van der Waals surface area (Å²) in [5.74, 6) is 0.431. The molecular weight excluding hydrogens is 432 g/mol. The van der Waals surface area contributed by atoms with E-state index in [2.05, 4.69) is 5.32 Å². The van der Waals surface area contributed by atoms with E-state index in [1.807, 2.05) is 12.1 Å². The van der Waals surface area contributed by atoms with E-state index in [0.29, 0.717) is 5.69 Å². The van der Waals surface area contributed by atoms with E-state index in [1.165, 1.54) is 62.3 Å². The van der Waals surface area contributed by atoms with Gasteiger partial charge >= 0.3 is 6.03 Å². The molecule has 2 aromatic carbocycles. The number of anilines is 1. The van der Waals surface area contributed by atoms with E-state index >= 15 is 0 Å². The number of barbiturate groups is 1. The molecule has 3 N–H and O–H groups in total. The fraction of sp³-hybridized carbons (Fsp3) is 0.370. The molecule has 34 heavy (non-hydrogen) atoms. The zero-order valence-electron chi connectivity index (χ0n) is 18.7.